The van der Waals surface area contributed by atoms with Crippen LogP contribution < -0.4 is 0 Å². The van der Waals surface area contributed by atoms with E-state index in [4.69, 9.17) is 9.52 Å². The summed E-state index contributed by atoms with van der Waals surface area (Å²) in [4.78, 5) is 15.1. The van der Waals surface area contributed by atoms with Crippen LogP contribution in [-0.2, 0) is 11.3 Å². The average molecular weight is 339 g/mol. The Morgan fingerprint density at radius 1 is 1.35 bits per heavy atom. The molecule has 0 spiro atoms. The van der Waals surface area contributed by atoms with Crippen LogP contribution in [0.3, 0.4) is 0 Å². The molecular formula is C17H23ClN2O3. The lowest BCUT2D eigenvalue weighted by Crippen LogP contribution is -2.44. The predicted octanol–water partition coefficient (Wildman–Crippen LogP) is 2.84. The monoisotopic (exact) mass is 338 g/mol. The number of carboxylic acids is 1. The predicted molar refractivity (Wildman–Crippen MR) is 92.0 cm³/mol. The van der Waals surface area contributed by atoms with Gasteiger partial charge in [0, 0.05) is 24.5 Å². The highest BCUT2D eigenvalue weighted by Gasteiger charge is 2.24. The van der Waals surface area contributed by atoms with Gasteiger partial charge in [0.25, 0.3) is 0 Å². The van der Waals surface area contributed by atoms with Crippen LogP contribution in [0.4, 0.5) is 0 Å². The summed E-state index contributed by atoms with van der Waals surface area (Å²) < 4.78 is 5.87. The van der Waals surface area contributed by atoms with Crippen molar-refractivity contribution in [2.75, 3.05) is 26.7 Å². The maximum atomic E-state index is 10.8. The molecule has 1 N–H and O–H groups in total. The van der Waals surface area contributed by atoms with Crippen LogP contribution in [0.15, 0.2) is 34.7 Å². The van der Waals surface area contributed by atoms with E-state index in [-0.39, 0.29) is 19.0 Å². The summed E-state index contributed by atoms with van der Waals surface area (Å²) in [6, 6.07) is 10.5. The van der Waals surface area contributed by atoms with Gasteiger partial charge in [-0.15, -0.1) is 12.4 Å². The van der Waals surface area contributed by atoms with E-state index in [1.54, 1.807) is 0 Å². The Bertz CT molecular complexity index is 617. The molecule has 0 radical (unpaired) electrons. The number of nitrogens with zero attached hydrogens (tertiary/aromatic N) is 2. The molecule has 1 aromatic carbocycles. The van der Waals surface area contributed by atoms with Gasteiger partial charge in [-0.3, -0.25) is 14.6 Å². The number of fused-ring (bicyclic) bond motifs is 1. The molecule has 1 saturated heterocycles. The van der Waals surface area contributed by atoms with Crippen LogP contribution in [0.2, 0.25) is 0 Å². The van der Waals surface area contributed by atoms with Crippen molar-refractivity contribution >= 4 is 29.3 Å². The van der Waals surface area contributed by atoms with Gasteiger partial charge in [0.1, 0.15) is 11.3 Å². The molecule has 0 amide bonds. The van der Waals surface area contributed by atoms with Gasteiger partial charge in [-0.25, -0.2) is 0 Å². The average Bonchev–Trinajstić information content (AvgIpc) is 2.89. The molecule has 0 unspecified atom stereocenters. The van der Waals surface area contributed by atoms with Crippen LogP contribution in [0, 0.1) is 0 Å². The first-order valence-electron chi connectivity index (χ1n) is 7.73. The second-order valence-corrected chi connectivity index (χ2v) is 6.07. The van der Waals surface area contributed by atoms with Crippen molar-refractivity contribution in [3.8, 4) is 0 Å². The normalized spacial score (nSPS) is 16.6. The third-order valence-corrected chi connectivity index (χ3v) is 4.42. The molecule has 1 fully saturated rings. The number of para-hydroxylation sites is 1. The number of hydrogen-bond acceptors (Lipinski definition) is 4. The zero-order chi connectivity index (χ0) is 15.5. The van der Waals surface area contributed by atoms with Gasteiger partial charge in [-0.05, 0) is 32.0 Å². The lowest BCUT2D eigenvalue weighted by atomic mass is 10.0. The van der Waals surface area contributed by atoms with Crippen LogP contribution in [-0.4, -0.2) is 53.6 Å². The summed E-state index contributed by atoms with van der Waals surface area (Å²) in [7, 11) is 1.90. The van der Waals surface area contributed by atoms with E-state index < -0.39 is 5.97 Å². The first kappa shape index (κ1) is 17.8. The standard InChI is InChI=1S/C17H22N2O3.ClH/c1-18(12-17(20)21)14-6-8-19(9-7-14)11-15-10-13-4-2-3-5-16(13)22-15;/h2-5,10,14H,6-9,11-12H2,1H3,(H,20,21);1H. The fourth-order valence-corrected chi connectivity index (χ4v) is 3.20. The van der Waals surface area contributed by atoms with Crippen LogP contribution in [0.5, 0.6) is 0 Å². The Kier molecular flexibility index (Phi) is 6.04. The minimum absolute atomic E-state index is 0. The SMILES string of the molecule is CN(CC(=O)O)C1CCN(Cc2cc3ccccc3o2)CC1.Cl. The molecule has 0 aliphatic carbocycles. The minimum Gasteiger partial charge on any atom is -0.480 e. The van der Waals surface area contributed by atoms with Crippen molar-refractivity contribution in [3.05, 3.63) is 36.1 Å². The number of hydrogen-bond donors (Lipinski definition) is 1. The van der Waals surface area contributed by atoms with Crippen LogP contribution >= 0.6 is 12.4 Å². The summed E-state index contributed by atoms with van der Waals surface area (Å²) in [6.07, 6.45) is 2.01. The number of likely N-dealkylation sites (N-methyl/N-ethyl adjacent to an activating group) is 1. The zero-order valence-electron chi connectivity index (χ0n) is 13.3. The number of aliphatic carboxylic acids is 1. The number of halogens is 1. The minimum atomic E-state index is -0.757. The number of benzene rings is 1. The molecule has 2 aromatic rings. The quantitative estimate of drug-likeness (QED) is 0.908. The number of rotatable bonds is 5. The molecule has 0 bridgehead atoms. The van der Waals surface area contributed by atoms with Gasteiger partial charge < -0.3 is 9.52 Å². The van der Waals surface area contributed by atoms with E-state index in [9.17, 15) is 4.79 Å². The molecule has 0 atom stereocenters. The van der Waals surface area contributed by atoms with Gasteiger partial charge in [0.2, 0.25) is 0 Å². The molecular weight excluding hydrogens is 316 g/mol. The van der Waals surface area contributed by atoms with Gasteiger partial charge >= 0.3 is 5.97 Å². The van der Waals surface area contributed by atoms with E-state index in [1.165, 1.54) is 0 Å². The highest BCUT2D eigenvalue weighted by molar-refractivity contribution is 5.85. The molecule has 1 aliphatic rings. The maximum Gasteiger partial charge on any atom is 0.317 e. The van der Waals surface area contributed by atoms with Crippen molar-refractivity contribution in [2.24, 2.45) is 0 Å². The third kappa shape index (κ3) is 4.47. The fourth-order valence-electron chi connectivity index (χ4n) is 3.20. The molecule has 6 heteroatoms. The second kappa shape index (κ2) is 7.81. The van der Waals surface area contributed by atoms with Gasteiger partial charge in [0.15, 0.2) is 0 Å². The summed E-state index contributed by atoms with van der Waals surface area (Å²) >= 11 is 0. The first-order valence-corrected chi connectivity index (χ1v) is 7.73. The molecule has 3 rings (SSSR count). The highest BCUT2D eigenvalue weighted by Crippen LogP contribution is 2.22. The highest BCUT2D eigenvalue weighted by atomic mass is 35.5. The topological polar surface area (TPSA) is 56.9 Å². The number of carboxylic acid groups (broad SMARTS) is 1. The van der Waals surface area contributed by atoms with Gasteiger partial charge in [0.05, 0.1) is 13.1 Å². The number of likely N-dealkylation sites (tertiary alicyclic amines) is 1. The Morgan fingerprint density at radius 2 is 2.04 bits per heavy atom. The van der Waals surface area contributed by atoms with E-state index in [0.717, 1.165) is 49.2 Å². The van der Waals surface area contributed by atoms with Crippen molar-refractivity contribution in [3.63, 3.8) is 0 Å². The molecule has 126 valence electrons. The largest absolute Gasteiger partial charge is 0.480 e. The Balaban J connectivity index is 0.00000192. The Hall–Kier alpha value is -1.56. The lowest BCUT2D eigenvalue weighted by molar-refractivity contribution is -0.138. The fraction of sp³-hybridized carbons (Fsp3) is 0.471. The smallest absolute Gasteiger partial charge is 0.317 e. The summed E-state index contributed by atoms with van der Waals surface area (Å²) in [5.41, 5.74) is 0.938. The number of piperidine rings is 1. The molecule has 23 heavy (non-hydrogen) atoms. The number of carbonyl (C=O) groups is 1. The first-order chi connectivity index (χ1) is 10.6. The van der Waals surface area contributed by atoms with E-state index >= 15 is 0 Å². The number of furan rings is 1. The summed E-state index contributed by atoms with van der Waals surface area (Å²) in [5, 5.41) is 10.0. The molecule has 1 aromatic heterocycles. The van der Waals surface area contributed by atoms with E-state index in [1.807, 2.05) is 30.1 Å². The third-order valence-electron chi connectivity index (χ3n) is 4.42. The van der Waals surface area contributed by atoms with Crippen LogP contribution in [0.25, 0.3) is 11.0 Å². The van der Waals surface area contributed by atoms with Crippen molar-refractivity contribution in [2.45, 2.75) is 25.4 Å². The van der Waals surface area contributed by atoms with Crippen LogP contribution in [0.1, 0.15) is 18.6 Å². The van der Waals surface area contributed by atoms with Crippen molar-refractivity contribution in [1.82, 2.24) is 9.80 Å². The molecule has 1 aliphatic heterocycles. The van der Waals surface area contributed by atoms with Gasteiger partial charge in [-0.2, -0.15) is 0 Å². The van der Waals surface area contributed by atoms with Crippen molar-refractivity contribution < 1.29 is 14.3 Å². The van der Waals surface area contributed by atoms with E-state index in [2.05, 4.69) is 17.0 Å². The Morgan fingerprint density at radius 3 is 2.70 bits per heavy atom. The summed E-state index contributed by atoms with van der Waals surface area (Å²) in [5.74, 6) is 0.241. The van der Waals surface area contributed by atoms with Gasteiger partial charge in [-0.1, -0.05) is 18.2 Å². The summed E-state index contributed by atoms with van der Waals surface area (Å²) in [6.45, 7) is 2.90. The van der Waals surface area contributed by atoms with E-state index in [0.29, 0.717) is 6.04 Å². The maximum absolute atomic E-state index is 10.8. The molecule has 0 saturated carbocycles. The molecule has 2 heterocycles. The van der Waals surface area contributed by atoms with Crippen molar-refractivity contribution in [1.29, 1.82) is 0 Å². The zero-order valence-corrected chi connectivity index (χ0v) is 14.1. The molecule has 5 nitrogen and oxygen atoms in total. The lowest BCUT2D eigenvalue weighted by Gasteiger charge is -2.35. The second-order valence-electron chi connectivity index (χ2n) is 6.07. The Labute approximate surface area is 142 Å².